The summed E-state index contributed by atoms with van der Waals surface area (Å²) in [6, 6.07) is 0.431. The minimum atomic E-state index is -3.07. The Morgan fingerprint density at radius 2 is 2.00 bits per heavy atom. The fraction of sp³-hybridized carbons (Fsp3) is 1.00. The predicted molar refractivity (Wildman–Crippen MR) is 53.8 cm³/mol. The second-order valence-electron chi connectivity index (χ2n) is 3.73. The van der Waals surface area contributed by atoms with Gasteiger partial charge in [-0.25, -0.2) is 0 Å². The monoisotopic (exact) mass is 206 g/mol. The second kappa shape index (κ2) is 5.11. The first-order valence-electron chi connectivity index (χ1n) is 4.88. The third kappa shape index (κ3) is 4.23. The highest BCUT2D eigenvalue weighted by atomic mass is 31.2. The SMILES string of the molecule is NCP(=O)(O)CNC1CCCCC1. The Morgan fingerprint density at radius 1 is 1.38 bits per heavy atom. The van der Waals surface area contributed by atoms with E-state index in [1.54, 1.807) is 0 Å². The number of hydrogen-bond donors (Lipinski definition) is 3. The molecule has 1 saturated carbocycles. The van der Waals surface area contributed by atoms with Crippen LogP contribution in [0.5, 0.6) is 0 Å². The highest BCUT2D eigenvalue weighted by Gasteiger charge is 2.19. The van der Waals surface area contributed by atoms with Crippen molar-refractivity contribution in [2.45, 2.75) is 38.1 Å². The molecule has 1 rings (SSSR count). The molecule has 0 aromatic carbocycles. The molecule has 0 spiro atoms. The lowest BCUT2D eigenvalue weighted by Crippen LogP contribution is -2.32. The van der Waals surface area contributed by atoms with Gasteiger partial charge in [0.05, 0.1) is 12.6 Å². The second-order valence-corrected chi connectivity index (χ2v) is 6.10. The maximum absolute atomic E-state index is 11.2. The van der Waals surface area contributed by atoms with Crippen LogP contribution in [0.2, 0.25) is 0 Å². The summed E-state index contributed by atoms with van der Waals surface area (Å²) in [5.41, 5.74) is 5.17. The van der Waals surface area contributed by atoms with Crippen LogP contribution in [-0.4, -0.2) is 23.5 Å². The standard InChI is InChI=1S/C8H19N2O2P/c9-6-13(11,12)7-10-8-4-2-1-3-5-8/h8,10H,1-7,9H2,(H,11,12). The minimum Gasteiger partial charge on any atom is -0.343 e. The fourth-order valence-corrected chi connectivity index (χ4v) is 2.32. The van der Waals surface area contributed by atoms with Gasteiger partial charge >= 0.3 is 0 Å². The molecule has 1 fully saturated rings. The minimum absolute atomic E-state index is 0.118. The van der Waals surface area contributed by atoms with Gasteiger partial charge in [0.1, 0.15) is 0 Å². The summed E-state index contributed by atoms with van der Waals surface area (Å²) < 4.78 is 11.2. The van der Waals surface area contributed by atoms with Crippen LogP contribution >= 0.6 is 7.37 Å². The fourth-order valence-electron chi connectivity index (χ4n) is 1.64. The van der Waals surface area contributed by atoms with Crippen molar-refractivity contribution in [3.63, 3.8) is 0 Å². The number of hydrogen-bond acceptors (Lipinski definition) is 3. The summed E-state index contributed by atoms with van der Waals surface area (Å²) >= 11 is 0. The molecule has 1 unspecified atom stereocenters. The van der Waals surface area contributed by atoms with Crippen LogP contribution in [0, 0.1) is 0 Å². The van der Waals surface area contributed by atoms with Crippen molar-refractivity contribution in [1.29, 1.82) is 0 Å². The average Bonchev–Trinajstić information content (AvgIpc) is 2.17. The van der Waals surface area contributed by atoms with Crippen LogP contribution in [0.3, 0.4) is 0 Å². The first-order valence-corrected chi connectivity index (χ1v) is 6.91. The smallest absolute Gasteiger partial charge is 0.227 e. The van der Waals surface area contributed by atoms with E-state index >= 15 is 0 Å². The molecular formula is C8H19N2O2P. The Bertz CT molecular complexity index is 193. The summed E-state index contributed by atoms with van der Waals surface area (Å²) in [4.78, 5) is 9.22. The Balaban J connectivity index is 2.21. The van der Waals surface area contributed by atoms with Gasteiger partial charge in [0.25, 0.3) is 0 Å². The van der Waals surface area contributed by atoms with Crippen molar-refractivity contribution in [2.24, 2.45) is 5.73 Å². The van der Waals surface area contributed by atoms with Crippen LogP contribution in [0.1, 0.15) is 32.1 Å². The number of rotatable bonds is 4. The molecule has 0 heterocycles. The molecule has 1 aliphatic carbocycles. The van der Waals surface area contributed by atoms with Gasteiger partial charge < -0.3 is 15.9 Å². The van der Waals surface area contributed by atoms with Gasteiger partial charge in [-0.1, -0.05) is 19.3 Å². The molecule has 4 N–H and O–H groups in total. The van der Waals surface area contributed by atoms with E-state index in [4.69, 9.17) is 5.73 Å². The Kier molecular flexibility index (Phi) is 4.39. The van der Waals surface area contributed by atoms with Crippen LogP contribution < -0.4 is 11.1 Å². The molecular weight excluding hydrogens is 187 g/mol. The number of nitrogens with two attached hydrogens (primary N) is 1. The lowest BCUT2D eigenvalue weighted by atomic mass is 9.96. The Morgan fingerprint density at radius 3 is 2.54 bits per heavy atom. The molecule has 0 aromatic heterocycles. The van der Waals surface area contributed by atoms with Crippen molar-refractivity contribution in [1.82, 2.24) is 5.32 Å². The zero-order valence-corrected chi connectivity index (χ0v) is 8.80. The quantitative estimate of drug-likeness (QED) is 0.601. The molecule has 5 heteroatoms. The third-order valence-electron chi connectivity index (χ3n) is 2.52. The molecule has 13 heavy (non-hydrogen) atoms. The summed E-state index contributed by atoms with van der Waals surface area (Å²) in [6.07, 6.45) is 6.08. The van der Waals surface area contributed by atoms with Crippen LogP contribution in [0.15, 0.2) is 0 Å². The van der Waals surface area contributed by atoms with E-state index in [1.807, 2.05) is 0 Å². The zero-order valence-electron chi connectivity index (χ0n) is 7.91. The molecule has 0 aliphatic heterocycles. The van der Waals surface area contributed by atoms with Gasteiger partial charge in [0.15, 0.2) is 0 Å². The van der Waals surface area contributed by atoms with Crippen LogP contribution in [0.4, 0.5) is 0 Å². The van der Waals surface area contributed by atoms with Gasteiger partial charge in [-0.05, 0) is 12.8 Å². The maximum Gasteiger partial charge on any atom is 0.227 e. The van der Waals surface area contributed by atoms with Crippen molar-refractivity contribution in [3.05, 3.63) is 0 Å². The lowest BCUT2D eigenvalue weighted by molar-refractivity contribution is 0.380. The highest BCUT2D eigenvalue weighted by molar-refractivity contribution is 7.57. The van der Waals surface area contributed by atoms with Gasteiger partial charge in [-0.2, -0.15) is 0 Å². The first-order chi connectivity index (χ1) is 6.14. The third-order valence-corrected chi connectivity index (χ3v) is 3.76. The summed E-state index contributed by atoms with van der Waals surface area (Å²) in [6.45, 7) is 0. The Labute approximate surface area is 79.3 Å². The molecule has 0 aromatic rings. The highest BCUT2D eigenvalue weighted by Crippen LogP contribution is 2.36. The first kappa shape index (κ1) is 11.2. The topological polar surface area (TPSA) is 75.4 Å². The summed E-state index contributed by atoms with van der Waals surface area (Å²) in [7, 11) is -3.07. The van der Waals surface area contributed by atoms with E-state index in [9.17, 15) is 9.46 Å². The predicted octanol–water partition coefficient (Wildman–Crippen LogP) is 1.05. The van der Waals surface area contributed by atoms with E-state index in [2.05, 4.69) is 5.32 Å². The summed E-state index contributed by atoms with van der Waals surface area (Å²) in [5, 5.41) is 3.12. The molecule has 0 bridgehead atoms. The van der Waals surface area contributed by atoms with E-state index < -0.39 is 7.37 Å². The lowest BCUT2D eigenvalue weighted by Gasteiger charge is -2.23. The van der Waals surface area contributed by atoms with E-state index in [-0.39, 0.29) is 12.6 Å². The van der Waals surface area contributed by atoms with Gasteiger partial charge in [0, 0.05) is 6.04 Å². The average molecular weight is 206 g/mol. The Hall–Kier alpha value is 0.110. The van der Waals surface area contributed by atoms with Crippen molar-refractivity contribution in [2.75, 3.05) is 12.6 Å². The van der Waals surface area contributed by atoms with E-state index in [0.29, 0.717) is 6.04 Å². The van der Waals surface area contributed by atoms with Crippen molar-refractivity contribution < 1.29 is 9.46 Å². The van der Waals surface area contributed by atoms with Gasteiger partial charge in [0.2, 0.25) is 7.37 Å². The van der Waals surface area contributed by atoms with E-state index in [1.165, 1.54) is 19.3 Å². The molecule has 0 amide bonds. The van der Waals surface area contributed by atoms with E-state index in [0.717, 1.165) is 12.8 Å². The molecule has 1 aliphatic rings. The molecule has 4 nitrogen and oxygen atoms in total. The zero-order chi connectivity index (χ0) is 9.73. The van der Waals surface area contributed by atoms with Gasteiger partial charge in [-0.15, -0.1) is 0 Å². The van der Waals surface area contributed by atoms with Crippen molar-refractivity contribution in [3.8, 4) is 0 Å². The van der Waals surface area contributed by atoms with Gasteiger partial charge in [-0.3, -0.25) is 4.57 Å². The van der Waals surface area contributed by atoms with Crippen LogP contribution in [0.25, 0.3) is 0 Å². The summed E-state index contributed by atoms with van der Waals surface area (Å²) in [5.74, 6) is 0. The molecule has 0 radical (unpaired) electrons. The molecule has 78 valence electrons. The normalized spacial score (nSPS) is 24.2. The maximum atomic E-state index is 11.2. The van der Waals surface area contributed by atoms with Crippen LogP contribution in [-0.2, 0) is 4.57 Å². The molecule has 1 atom stereocenters. The number of nitrogens with one attached hydrogen (secondary N) is 1. The van der Waals surface area contributed by atoms with Crippen molar-refractivity contribution >= 4 is 7.37 Å². The largest absolute Gasteiger partial charge is 0.343 e. The molecule has 0 saturated heterocycles.